The van der Waals surface area contributed by atoms with Crippen molar-refractivity contribution >= 4 is 21.5 Å². The number of ether oxygens (including phenoxy) is 3. The van der Waals surface area contributed by atoms with Gasteiger partial charge in [-0.25, -0.2) is 8.42 Å². The van der Waals surface area contributed by atoms with Crippen LogP contribution >= 0.6 is 11.3 Å². The second-order valence-corrected chi connectivity index (χ2v) is 15.6. The summed E-state index contributed by atoms with van der Waals surface area (Å²) in [6.07, 6.45) is 32.3. The third-order valence-electron chi connectivity index (χ3n) is 8.95. The lowest BCUT2D eigenvalue weighted by molar-refractivity contribution is -0.692. The molecule has 9 heteroatoms. The summed E-state index contributed by atoms with van der Waals surface area (Å²) in [5.74, 6) is 0. The van der Waals surface area contributed by atoms with Crippen molar-refractivity contribution in [2.75, 3.05) is 19.8 Å². The fraction of sp³-hybridized carbons (Fsp3) is 0.769. The van der Waals surface area contributed by atoms with Crippen molar-refractivity contribution in [3.05, 3.63) is 46.9 Å². The van der Waals surface area contributed by atoms with Gasteiger partial charge in [0.2, 0.25) is 5.51 Å². The highest BCUT2D eigenvalue weighted by Gasteiger charge is 2.25. The van der Waals surface area contributed by atoms with Gasteiger partial charge < -0.3 is 18.8 Å². The van der Waals surface area contributed by atoms with Gasteiger partial charge >= 0.3 is 0 Å². The molecule has 0 amide bonds. The van der Waals surface area contributed by atoms with Crippen molar-refractivity contribution in [3.63, 3.8) is 0 Å². The van der Waals surface area contributed by atoms with E-state index in [0.717, 1.165) is 31.6 Å². The Morgan fingerprint density at radius 2 is 1.33 bits per heavy atom. The van der Waals surface area contributed by atoms with Crippen LogP contribution in [0, 0.1) is 6.92 Å². The van der Waals surface area contributed by atoms with E-state index in [1.807, 2.05) is 6.92 Å². The maximum Gasteiger partial charge on any atom is 0.224 e. The summed E-state index contributed by atoms with van der Waals surface area (Å²) in [4.78, 5) is -0.178. The number of aryl methyl sites for hydroxylation is 2. The van der Waals surface area contributed by atoms with E-state index in [-0.39, 0.29) is 17.3 Å². The molecule has 48 heavy (non-hydrogen) atoms. The van der Waals surface area contributed by atoms with E-state index >= 15 is 0 Å². The molecular formula is C39H67NO6S2. The van der Waals surface area contributed by atoms with Gasteiger partial charge in [-0.15, -0.1) is 0 Å². The van der Waals surface area contributed by atoms with Gasteiger partial charge in [-0.1, -0.05) is 145 Å². The lowest BCUT2D eigenvalue weighted by Crippen LogP contribution is -2.29. The first kappa shape index (κ1) is 42.8. The Morgan fingerprint density at radius 3 is 1.88 bits per heavy atom. The van der Waals surface area contributed by atoms with Crippen molar-refractivity contribution < 1.29 is 31.7 Å². The fourth-order valence-corrected chi connectivity index (χ4v) is 7.04. The van der Waals surface area contributed by atoms with Crippen LogP contribution in [0.3, 0.4) is 0 Å². The van der Waals surface area contributed by atoms with Crippen LogP contribution in [-0.4, -0.2) is 45.2 Å². The average molecular weight is 710 g/mol. The third-order valence-corrected chi connectivity index (χ3v) is 10.5. The van der Waals surface area contributed by atoms with Crippen LogP contribution in [0.4, 0.5) is 0 Å². The van der Waals surface area contributed by atoms with Gasteiger partial charge in [0.15, 0.2) is 12.5 Å². The summed E-state index contributed by atoms with van der Waals surface area (Å²) in [6, 6.07) is 5.78. The predicted octanol–water partition coefficient (Wildman–Crippen LogP) is 10.3. The van der Waals surface area contributed by atoms with Crippen LogP contribution in [0.5, 0.6) is 0 Å². The van der Waals surface area contributed by atoms with Crippen LogP contribution in [0.25, 0.3) is 0 Å². The molecular weight excluding hydrogens is 643 g/mol. The molecule has 0 spiro atoms. The fourth-order valence-electron chi connectivity index (χ4n) is 5.94. The SMILES string of the molecule is CCCCCCCCCCCCCCCCCCC[C@H]1OC[C@H](COCCCCCC[n+]2ccsc2)O1.Cc1ccc(S(=O)(=O)[O-])cc1. The first-order chi connectivity index (χ1) is 23.4. The zero-order valence-corrected chi connectivity index (χ0v) is 31.9. The quantitative estimate of drug-likeness (QED) is 0.0496. The highest BCUT2D eigenvalue weighted by Crippen LogP contribution is 2.19. The number of thiazole rings is 1. The smallest absolute Gasteiger partial charge is 0.224 e. The van der Waals surface area contributed by atoms with Gasteiger partial charge in [0.25, 0.3) is 0 Å². The lowest BCUT2D eigenvalue weighted by atomic mass is 10.0. The number of aromatic nitrogens is 1. The minimum atomic E-state index is -4.27. The van der Waals surface area contributed by atoms with Crippen LogP contribution < -0.4 is 4.57 Å². The van der Waals surface area contributed by atoms with Crippen molar-refractivity contribution in [2.24, 2.45) is 0 Å². The van der Waals surface area contributed by atoms with Gasteiger partial charge in [0.1, 0.15) is 22.8 Å². The highest BCUT2D eigenvalue weighted by atomic mass is 32.2. The first-order valence-electron chi connectivity index (χ1n) is 19.2. The second-order valence-electron chi connectivity index (χ2n) is 13.5. The number of nitrogens with zero attached hydrogens (tertiary/aromatic N) is 1. The first-order valence-corrected chi connectivity index (χ1v) is 21.5. The zero-order valence-electron chi connectivity index (χ0n) is 30.3. The van der Waals surface area contributed by atoms with Gasteiger partial charge in [-0.3, -0.25) is 0 Å². The molecule has 3 rings (SSSR count). The minimum Gasteiger partial charge on any atom is -0.744 e. The molecule has 1 aromatic carbocycles. The van der Waals surface area contributed by atoms with E-state index in [4.69, 9.17) is 14.2 Å². The van der Waals surface area contributed by atoms with Crippen molar-refractivity contribution in [1.82, 2.24) is 0 Å². The van der Waals surface area contributed by atoms with Gasteiger partial charge in [0, 0.05) is 13.0 Å². The Kier molecular flexibility index (Phi) is 25.3. The summed E-state index contributed by atoms with van der Waals surface area (Å²) in [5.41, 5.74) is 3.11. The number of benzene rings is 1. The van der Waals surface area contributed by atoms with E-state index < -0.39 is 10.1 Å². The van der Waals surface area contributed by atoms with E-state index in [1.165, 1.54) is 141 Å². The van der Waals surface area contributed by atoms with Gasteiger partial charge in [-0.05, 0) is 44.7 Å². The predicted molar refractivity (Wildman–Crippen MR) is 196 cm³/mol. The number of unbranched alkanes of at least 4 members (excludes halogenated alkanes) is 19. The molecule has 0 bridgehead atoms. The summed E-state index contributed by atoms with van der Waals surface area (Å²) >= 11 is 1.76. The number of hydrogen-bond donors (Lipinski definition) is 0. The Labute approximate surface area is 297 Å². The monoisotopic (exact) mass is 709 g/mol. The van der Waals surface area contributed by atoms with Gasteiger partial charge in [0.05, 0.1) is 23.5 Å². The molecule has 0 unspecified atom stereocenters. The summed E-state index contributed by atoms with van der Waals surface area (Å²) < 4.78 is 51.2. The molecule has 276 valence electrons. The van der Waals surface area contributed by atoms with Crippen molar-refractivity contribution in [3.8, 4) is 0 Å². The Hall–Kier alpha value is -1.36. The molecule has 2 aromatic rings. The lowest BCUT2D eigenvalue weighted by Gasteiger charge is -2.12. The van der Waals surface area contributed by atoms with Crippen molar-refractivity contribution in [1.29, 1.82) is 0 Å². The zero-order chi connectivity index (χ0) is 34.5. The molecule has 0 N–H and O–H groups in total. The molecule has 1 aromatic heterocycles. The largest absolute Gasteiger partial charge is 0.744 e. The standard InChI is InChI=1S/C32H60NO3S.C7H8O3S/c1-2-3-4-5-6-7-8-9-10-11-12-13-14-15-16-17-20-23-32-35-29-31(36-32)28-34-26-22-19-18-21-24-33-25-27-37-30-33;1-6-2-4-7(5-3-6)11(8,9)10/h25,27,30-32H,2-24,26,28-29H2,1H3;2-5H,1H3,(H,8,9,10)/q+1;/p-1/t31-,32-;/m0./s1. The molecule has 1 saturated heterocycles. The third kappa shape index (κ3) is 23.1. The molecule has 0 aliphatic carbocycles. The number of rotatable bonds is 28. The summed E-state index contributed by atoms with van der Waals surface area (Å²) in [7, 11) is -4.27. The van der Waals surface area contributed by atoms with Crippen LogP contribution in [0.15, 0.2) is 46.2 Å². The highest BCUT2D eigenvalue weighted by molar-refractivity contribution is 7.85. The summed E-state index contributed by atoms with van der Waals surface area (Å²) in [5, 5.41) is 2.13. The van der Waals surface area contributed by atoms with Crippen LogP contribution in [0.2, 0.25) is 0 Å². The van der Waals surface area contributed by atoms with Crippen LogP contribution in [0.1, 0.15) is 154 Å². The Morgan fingerprint density at radius 1 is 0.792 bits per heavy atom. The maximum atomic E-state index is 10.4. The molecule has 7 nitrogen and oxygen atoms in total. The van der Waals surface area contributed by atoms with E-state index in [2.05, 4.69) is 28.6 Å². The molecule has 2 heterocycles. The molecule has 1 aliphatic rings. The number of hydrogen-bond acceptors (Lipinski definition) is 7. The Bertz CT molecular complexity index is 1090. The average Bonchev–Trinajstić information content (AvgIpc) is 3.76. The topological polar surface area (TPSA) is 88.8 Å². The summed E-state index contributed by atoms with van der Waals surface area (Å²) in [6.45, 7) is 7.47. The van der Waals surface area contributed by atoms with Crippen molar-refractivity contribution in [2.45, 2.75) is 179 Å². The molecule has 0 radical (unpaired) electrons. The molecule has 0 saturated carbocycles. The van der Waals surface area contributed by atoms with E-state index in [1.54, 1.807) is 23.5 Å². The van der Waals surface area contributed by atoms with Crippen LogP contribution in [-0.2, 0) is 30.9 Å². The maximum absolute atomic E-state index is 10.4. The molecule has 1 aliphatic heterocycles. The molecule has 2 atom stereocenters. The van der Waals surface area contributed by atoms with E-state index in [0.29, 0.717) is 13.2 Å². The van der Waals surface area contributed by atoms with Gasteiger partial charge in [-0.2, -0.15) is 4.57 Å². The normalized spacial score (nSPS) is 16.2. The second kappa shape index (κ2) is 28.3. The van der Waals surface area contributed by atoms with E-state index in [9.17, 15) is 13.0 Å². The Balaban J connectivity index is 0.000000613. The molecule has 1 fully saturated rings. The minimum absolute atomic E-state index is 0.000421.